The molecule has 0 aliphatic heterocycles. The van der Waals surface area contributed by atoms with Crippen molar-refractivity contribution < 1.29 is 19.1 Å². The second-order valence-corrected chi connectivity index (χ2v) is 6.56. The minimum Gasteiger partial charge on any atom is -0.462 e. The molecule has 0 amide bonds. The van der Waals surface area contributed by atoms with E-state index in [0.29, 0.717) is 21.7 Å². The van der Waals surface area contributed by atoms with Crippen LogP contribution in [-0.2, 0) is 4.74 Å². The number of ether oxygens (including phenoxy) is 1. The SMILES string of the molecule is CCOC(=O)c1cc(C)sc1/N=C/C1C(=O)c2ccccc2C1=O. The molecule has 0 spiro atoms. The van der Waals surface area contributed by atoms with Crippen molar-refractivity contribution in [2.75, 3.05) is 6.61 Å². The molecule has 3 rings (SSSR count). The van der Waals surface area contributed by atoms with Gasteiger partial charge in [0.05, 0.1) is 12.2 Å². The molecule has 1 aromatic heterocycles. The molecule has 0 saturated heterocycles. The highest BCUT2D eigenvalue weighted by atomic mass is 32.1. The molecule has 24 heavy (non-hydrogen) atoms. The van der Waals surface area contributed by atoms with Gasteiger partial charge in [-0.15, -0.1) is 11.3 Å². The predicted molar refractivity (Wildman–Crippen MR) is 91.8 cm³/mol. The first-order valence-electron chi connectivity index (χ1n) is 7.52. The molecule has 0 N–H and O–H groups in total. The Labute approximate surface area is 143 Å². The van der Waals surface area contributed by atoms with Crippen LogP contribution in [0.15, 0.2) is 35.3 Å². The van der Waals surface area contributed by atoms with Gasteiger partial charge in [-0.25, -0.2) is 9.79 Å². The molecular weight excluding hydrogens is 326 g/mol. The highest BCUT2D eigenvalue weighted by Gasteiger charge is 2.37. The largest absolute Gasteiger partial charge is 0.462 e. The van der Waals surface area contributed by atoms with Gasteiger partial charge in [0.2, 0.25) is 0 Å². The number of benzene rings is 1. The van der Waals surface area contributed by atoms with Crippen molar-refractivity contribution in [2.24, 2.45) is 10.9 Å². The Kier molecular flexibility index (Phi) is 4.40. The predicted octanol–water partition coefficient (Wildman–Crippen LogP) is 3.63. The number of carbonyl (C=O) groups excluding carboxylic acids is 3. The highest BCUT2D eigenvalue weighted by Crippen LogP contribution is 2.32. The quantitative estimate of drug-likeness (QED) is 0.483. The van der Waals surface area contributed by atoms with Gasteiger partial charge in [-0.05, 0) is 19.9 Å². The number of Topliss-reactive ketones (excluding diaryl/α,β-unsaturated/α-hetero) is 2. The number of hydrogen-bond donors (Lipinski definition) is 0. The van der Waals surface area contributed by atoms with Gasteiger partial charge >= 0.3 is 5.97 Å². The van der Waals surface area contributed by atoms with Crippen LogP contribution in [0.2, 0.25) is 0 Å². The van der Waals surface area contributed by atoms with Gasteiger partial charge in [0, 0.05) is 22.2 Å². The van der Waals surface area contributed by atoms with Crippen molar-refractivity contribution in [1.82, 2.24) is 0 Å². The average Bonchev–Trinajstić information content (AvgIpc) is 3.05. The van der Waals surface area contributed by atoms with E-state index in [1.165, 1.54) is 17.6 Å². The van der Waals surface area contributed by atoms with Gasteiger partial charge in [0.25, 0.3) is 0 Å². The van der Waals surface area contributed by atoms with E-state index < -0.39 is 11.9 Å². The summed E-state index contributed by atoms with van der Waals surface area (Å²) in [5, 5.41) is 0.447. The molecule has 0 unspecified atom stereocenters. The van der Waals surface area contributed by atoms with Crippen LogP contribution in [0.4, 0.5) is 5.00 Å². The standard InChI is InChI=1S/C18H15NO4S/c1-3-23-18(22)13-8-10(2)24-17(13)19-9-14-15(20)11-6-4-5-7-12(11)16(14)21/h4-9,14H,3H2,1-2H3/b19-9+. The third-order valence-corrected chi connectivity index (χ3v) is 4.65. The number of nitrogens with zero attached hydrogens (tertiary/aromatic N) is 1. The van der Waals surface area contributed by atoms with E-state index in [1.807, 2.05) is 6.92 Å². The van der Waals surface area contributed by atoms with Crippen LogP contribution in [0.25, 0.3) is 0 Å². The molecular formula is C18H15NO4S. The van der Waals surface area contributed by atoms with Gasteiger partial charge in [-0.3, -0.25) is 9.59 Å². The number of rotatable bonds is 4. The van der Waals surface area contributed by atoms with Crippen molar-refractivity contribution in [1.29, 1.82) is 0 Å². The fourth-order valence-corrected chi connectivity index (χ4v) is 3.45. The van der Waals surface area contributed by atoms with Crippen LogP contribution in [0.5, 0.6) is 0 Å². The van der Waals surface area contributed by atoms with E-state index in [2.05, 4.69) is 4.99 Å². The van der Waals surface area contributed by atoms with Crippen LogP contribution in [-0.4, -0.2) is 30.4 Å². The Balaban J connectivity index is 1.89. The number of carbonyl (C=O) groups is 3. The maximum atomic E-state index is 12.4. The van der Waals surface area contributed by atoms with E-state index in [0.717, 1.165) is 4.88 Å². The molecule has 6 heteroatoms. The van der Waals surface area contributed by atoms with E-state index in [-0.39, 0.29) is 18.2 Å². The first-order valence-corrected chi connectivity index (χ1v) is 8.33. The molecule has 5 nitrogen and oxygen atoms in total. The summed E-state index contributed by atoms with van der Waals surface area (Å²) >= 11 is 1.32. The molecule has 0 saturated carbocycles. The minimum atomic E-state index is -0.931. The summed E-state index contributed by atoms with van der Waals surface area (Å²) in [6.45, 7) is 3.85. The Hall–Kier alpha value is -2.60. The normalized spacial score (nSPS) is 14.4. The Morgan fingerprint density at radius 1 is 1.25 bits per heavy atom. The second kappa shape index (κ2) is 6.49. The maximum Gasteiger partial charge on any atom is 0.341 e. The Bertz CT molecular complexity index is 831. The molecule has 0 atom stereocenters. The summed E-state index contributed by atoms with van der Waals surface area (Å²) in [7, 11) is 0. The van der Waals surface area contributed by atoms with Crippen molar-refractivity contribution in [2.45, 2.75) is 13.8 Å². The van der Waals surface area contributed by atoms with Crippen LogP contribution in [0.1, 0.15) is 42.9 Å². The van der Waals surface area contributed by atoms with Crippen molar-refractivity contribution in [3.05, 3.63) is 51.9 Å². The summed E-state index contributed by atoms with van der Waals surface area (Å²) in [5.74, 6) is -1.91. The Morgan fingerprint density at radius 3 is 2.46 bits per heavy atom. The van der Waals surface area contributed by atoms with Gasteiger partial charge in [-0.1, -0.05) is 24.3 Å². The maximum absolute atomic E-state index is 12.4. The molecule has 1 aliphatic rings. The number of thiophene rings is 1. The van der Waals surface area contributed by atoms with Crippen molar-refractivity contribution >= 4 is 40.1 Å². The van der Waals surface area contributed by atoms with E-state index >= 15 is 0 Å². The van der Waals surface area contributed by atoms with Gasteiger partial charge in [0.1, 0.15) is 10.9 Å². The summed E-state index contributed by atoms with van der Waals surface area (Å²) in [6, 6.07) is 8.43. The smallest absolute Gasteiger partial charge is 0.341 e. The zero-order valence-electron chi connectivity index (χ0n) is 13.2. The van der Waals surface area contributed by atoms with Crippen LogP contribution in [0, 0.1) is 12.8 Å². The molecule has 122 valence electrons. The van der Waals surface area contributed by atoms with Crippen LogP contribution >= 0.6 is 11.3 Å². The minimum absolute atomic E-state index is 0.259. The Morgan fingerprint density at radius 2 is 1.88 bits per heavy atom. The zero-order valence-corrected chi connectivity index (χ0v) is 14.1. The fourth-order valence-electron chi connectivity index (χ4n) is 2.60. The van der Waals surface area contributed by atoms with Crippen molar-refractivity contribution in [3.8, 4) is 0 Å². The highest BCUT2D eigenvalue weighted by molar-refractivity contribution is 7.16. The van der Waals surface area contributed by atoms with Gasteiger partial charge in [0.15, 0.2) is 11.6 Å². The lowest BCUT2D eigenvalue weighted by Gasteiger charge is -2.01. The number of aryl methyl sites for hydroxylation is 1. The lowest BCUT2D eigenvalue weighted by molar-refractivity contribution is 0.0527. The average molecular weight is 341 g/mol. The molecule has 1 aromatic carbocycles. The molecule has 1 heterocycles. The number of fused-ring (bicyclic) bond motifs is 1. The number of ketones is 2. The van der Waals surface area contributed by atoms with E-state index in [9.17, 15) is 14.4 Å². The molecule has 0 fully saturated rings. The summed E-state index contributed by atoms with van der Waals surface area (Å²) in [4.78, 5) is 41.8. The third kappa shape index (κ3) is 2.80. The summed E-state index contributed by atoms with van der Waals surface area (Å²) in [5.41, 5.74) is 1.20. The van der Waals surface area contributed by atoms with Crippen LogP contribution < -0.4 is 0 Å². The number of aliphatic imine (C=N–C) groups is 1. The topological polar surface area (TPSA) is 72.8 Å². The van der Waals surface area contributed by atoms with E-state index in [4.69, 9.17) is 4.74 Å². The second-order valence-electron chi connectivity index (χ2n) is 5.33. The molecule has 0 bridgehead atoms. The molecule has 2 aromatic rings. The van der Waals surface area contributed by atoms with Crippen LogP contribution in [0.3, 0.4) is 0 Å². The van der Waals surface area contributed by atoms with E-state index in [1.54, 1.807) is 37.3 Å². The lowest BCUT2D eigenvalue weighted by atomic mass is 10.1. The van der Waals surface area contributed by atoms with Gasteiger partial charge in [-0.2, -0.15) is 0 Å². The summed E-state index contributed by atoms with van der Waals surface area (Å²) in [6.07, 6.45) is 1.33. The zero-order chi connectivity index (χ0) is 17.3. The monoisotopic (exact) mass is 341 g/mol. The first-order chi connectivity index (χ1) is 11.5. The van der Waals surface area contributed by atoms with Crippen molar-refractivity contribution in [3.63, 3.8) is 0 Å². The molecule has 1 aliphatic carbocycles. The summed E-state index contributed by atoms with van der Waals surface area (Å²) < 4.78 is 5.01. The molecule has 0 radical (unpaired) electrons. The van der Waals surface area contributed by atoms with Gasteiger partial charge < -0.3 is 4.74 Å². The first kappa shape index (κ1) is 16.3. The lowest BCUT2D eigenvalue weighted by Crippen LogP contribution is -2.16. The third-order valence-electron chi connectivity index (χ3n) is 3.69. The fraction of sp³-hybridized carbons (Fsp3) is 0.222. The number of hydrogen-bond acceptors (Lipinski definition) is 6. The number of esters is 1.